The van der Waals surface area contributed by atoms with Crippen molar-refractivity contribution in [3.05, 3.63) is 31.3 Å². The lowest BCUT2D eigenvalue weighted by Crippen LogP contribution is -2.02. The number of hydrogen-bond acceptors (Lipinski definition) is 1. The number of benzene rings is 1. The van der Waals surface area contributed by atoms with Gasteiger partial charge in [-0.1, -0.05) is 6.07 Å². The van der Waals surface area contributed by atoms with E-state index >= 15 is 0 Å². The van der Waals surface area contributed by atoms with Gasteiger partial charge in [-0.3, -0.25) is 0 Å². The van der Waals surface area contributed by atoms with Gasteiger partial charge in [0.2, 0.25) is 0 Å². The van der Waals surface area contributed by atoms with Gasteiger partial charge in [0.25, 0.3) is 0 Å². The number of hydrogen-bond donors (Lipinski definition) is 1. The van der Waals surface area contributed by atoms with Crippen LogP contribution >= 0.6 is 38.5 Å². The van der Waals surface area contributed by atoms with Gasteiger partial charge in [-0.25, -0.2) is 0 Å². The van der Waals surface area contributed by atoms with Crippen LogP contribution in [0.15, 0.2) is 16.6 Å². The first kappa shape index (κ1) is 9.48. The Morgan fingerprint density at radius 2 is 2.18 bits per heavy atom. The van der Waals surface area contributed by atoms with Crippen LogP contribution in [0.1, 0.15) is 11.1 Å². The highest BCUT2D eigenvalue weighted by atomic mass is 127. The Balaban J connectivity index is 3.29. The van der Waals surface area contributed by atoms with E-state index in [2.05, 4.69) is 57.6 Å². The van der Waals surface area contributed by atoms with Crippen molar-refractivity contribution in [3.63, 3.8) is 0 Å². The van der Waals surface area contributed by atoms with E-state index in [9.17, 15) is 0 Å². The topological polar surface area (TPSA) is 26.0 Å². The summed E-state index contributed by atoms with van der Waals surface area (Å²) in [5, 5.41) is 0. The second kappa shape index (κ2) is 3.87. The minimum absolute atomic E-state index is 0.615. The van der Waals surface area contributed by atoms with Gasteiger partial charge in [0.05, 0.1) is 0 Å². The molecule has 1 rings (SSSR count). The van der Waals surface area contributed by atoms with Crippen LogP contribution in [-0.4, -0.2) is 0 Å². The molecule has 0 heterocycles. The Kier molecular flexibility index (Phi) is 3.33. The zero-order chi connectivity index (χ0) is 8.43. The van der Waals surface area contributed by atoms with Gasteiger partial charge in [0.1, 0.15) is 0 Å². The summed E-state index contributed by atoms with van der Waals surface area (Å²) >= 11 is 5.76. The molecule has 11 heavy (non-hydrogen) atoms. The average Bonchev–Trinajstić information content (AvgIpc) is 1.99. The fourth-order valence-electron chi connectivity index (χ4n) is 0.940. The van der Waals surface area contributed by atoms with E-state index in [1.165, 1.54) is 14.7 Å². The molecule has 0 aliphatic rings. The summed E-state index contributed by atoms with van der Waals surface area (Å²) in [7, 11) is 0. The highest BCUT2D eigenvalue weighted by molar-refractivity contribution is 14.1. The van der Waals surface area contributed by atoms with Crippen molar-refractivity contribution in [2.45, 2.75) is 13.5 Å². The molecule has 0 spiro atoms. The Morgan fingerprint density at radius 3 is 2.64 bits per heavy atom. The Bertz CT molecular complexity index is 273. The lowest BCUT2D eigenvalue weighted by Gasteiger charge is -2.06. The second-order valence-corrected chi connectivity index (χ2v) is 4.29. The molecule has 1 aromatic carbocycles. The van der Waals surface area contributed by atoms with Crippen LogP contribution in [0.5, 0.6) is 0 Å². The van der Waals surface area contributed by atoms with E-state index in [4.69, 9.17) is 5.73 Å². The van der Waals surface area contributed by atoms with Gasteiger partial charge in [-0.15, -0.1) is 0 Å². The van der Waals surface area contributed by atoms with Crippen LogP contribution in [0.25, 0.3) is 0 Å². The van der Waals surface area contributed by atoms with E-state index in [0.717, 1.165) is 4.47 Å². The van der Waals surface area contributed by atoms with E-state index in [1.807, 2.05) is 0 Å². The molecule has 3 heteroatoms. The highest BCUT2D eigenvalue weighted by Crippen LogP contribution is 2.24. The molecule has 0 atom stereocenters. The molecule has 1 nitrogen and oxygen atoms in total. The maximum absolute atomic E-state index is 5.59. The van der Waals surface area contributed by atoms with Gasteiger partial charge in [0.15, 0.2) is 0 Å². The number of halogens is 2. The average molecular weight is 326 g/mol. The van der Waals surface area contributed by atoms with Gasteiger partial charge >= 0.3 is 0 Å². The van der Waals surface area contributed by atoms with Crippen molar-refractivity contribution in [2.75, 3.05) is 0 Å². The molecule has 0 amide bonds. The summed E-state index contributed by atoms with van der Waals surface area (Å²) in [5.41, 5.74) is 8.09. The molecule has 1 aromatic rings. The zero-order valence-corrected chi connectivity index (χ0v) is 9.94. The van der Waals surface area contributed by atoms with Crippen LogP contribution in [0.3, 0.4) is 0 Å². The number of nitrogens with two attached hydrogens (primary N) is 1. The molecule has 0 fully saturated rings. The number of aryl methyl sites for hydroxylation is 1. The van der Waals surface area contributed by atoms with Gasteiger partial charge in [0, 0.05) is 14.6 Å². The van der Waals surface area contributed by atoms with Crippen molar-refractivity contribution in [2.24, 2.45) is 5.73 Å². The minimum atomic E-state index is 0.615. The third kappa shape index (κ3) is 1.95. The van der Waals surface area contributed by atoms with Gasteiger partial charge in [-0.2, -0.15) is 0 Å². The molecule has 0 bridgehead atoms. The zero-order valence-electron chi connectivity index (χ0n) is 6.20. The smallest absolute Gasteiger partial charge is 0.0320 e. The van der Waals surface area contributed by atoms with E-state index in [1.54, 1.807) is 0 Å². The second-order valence-electron chi connectivity index (χ2n) is 2.36. The summed E-state index contributed by atoms with van der Waals surface area (Å²) in [6.45, 7) is 2.69. The fraction of sp³-hybridized carbons (Fsp3) is 0.250. The summed E-state index contributed by atoms with van der Waals surface area (Å²) in [6.07, 6.45) is 0. The predicted molar refractivity (Wildman–Crippen MR) is 59.5 cm³/mol. The summed E-state index contributed by atoms with van der Waals surface area (Å²) in [6, 6.07) is 4.13. The normalized spacial score (nSPS) is 10.2. The summed E-state index contributed by atoms with van der Waals surface area (Å²) in [5.74, 6) is 0. The van der Waals surface area contributed by atoms with E-state index in [-0.39, 0.29) is 0 Å². The fourth-order valence-corrected chi connectivity index (χ4v) is 2.14. The third-order valence-corrected chi connectivity index (χ3v) is 4.27. The minimum Gasteiger partial charge on any atom is -0.326 e. The molecule has 0 saturated carbocycles. The van der Waals surface area contributed by atoms with Crippen LogP contribution in [-0.2, 0) is 6.54 Å². The standard InChI is InChI=1S/C8H9BrIN/c1-5-2-3-7(9)8(10)6(5)4-11/h2-3H,4,11H2,1H3. The Hall–Kier alpha value is 0.390. The first-order valence-corrected chi connectivity index (χ1v) is 5.17. The van der Waals surface area contributed by atoms with E-state index in [0.29, 0.717) is 6.54 Å². The molecular formula is C8H9BrIN. The molecule has 0 aliphatic carbocycles. The van der Waals surface area contributed by atoms with Gasteiger partial charge in [-0.05, 0) is 62.6 Å². The highest BCUT2D eigenvalue weighted by Gasteiger charge is 2.04. The molecule has 2 N–H and O–H groups in total. The number of rotatable bonds is 1. The first-order chi connectivity index (χ1) is 5.16. The summed E-state index contributed by atoms with van der Waals surface area (Å²) < 4.78 is 2.36. The monoisotopic (exact) mass is 325 g/mol. The van der Waals surface area contributed by atoms with Crippen molar-refractivity contribution in [1.29, 1.82) is 0 Å². The molecule has 0 radical (unpaired) electrons. The maximum Gasteiger partial charge on any atom is 0.0320 e. The summed E-state index contributed by atoms with van der Waals surface area (Å²) in [4.78, 5) is 0. The Morgan fingerprint density at radius 1 is 1.55 bits per heavy atom. The van der Waals surface area contributed by atoms with Crippen molar-refractivity contribution < 1.29 is 0 Å². The third-order valence-electron chi connectivity index (χ3n) is 1.63. The molecule has 0 unspecified atom stereocenters. The molecule has 0 saturated heterocycles. The van der Waals surface area contributed by atoms with Crippen molar-refractivity contribution in [3.8, 4) is 0 Å². The largest absolute Gasteiger partial charge is 0.326 e. The van der Waals surface area contributed by atoms with Crippen molar-refractivity contribution >= 4 is 38.5 Å². The Labute approximate surface area is 88.6 Å². The van der Waals surface area contributed by atoms with Crippen LogP contribution in [0, 0.1) is 10.5 Å². The van der Waals surface area contributed by atoms with Crippen molar-refractivity contribution in [1.82, 2.24) is 0 Å². The molecule has 0 aromatic heterocycles. The molecule has 0 aliphatic heterocycles. The lowest BCUT2D eigenvalue weighted by atomic mass is 10.1. The van der Waals surface area contributed by atoms with Crippen LogP contribution in [0.4, 0.5) is 0 Å². The van der Waals surface area contributed by atoms with Crippen LogP contribution < -0.4 is 5.73 Å². The van der Waals surface area contributed by atoms with Crippen LogP contribution in [0.2, 0.25) is 0 Å². The molecule has 60 valence electrons. The maximum atomic E-state index is 5.59. The molecular weight excluding hydrogens is 317 g/mol. The SMILES string of the molecule is Cc1ccc(Br)c(I)c1CN. The lowest BCUT2D eigenvalue weighted by molar-refractivity contribution is 1.03. The first-order valence-electron chi connectivity index (χ1n) is 3.30. The quantitative estimate of drug-likeness (QED) is 0.789. The predicted octanol–water partition coefficient (Wildman–Crippen LogP) is 2.82. The van der Waals surface area contributed by atoms with Gasteiger partial charge < -0.3 is 5.73 Å². The van der Waals surface area contributed by atoms with E-state index < -0.39 is 0 Å².